The molecule has 0 spiro atoms. The average molecular weight is 273 g/mol. The van der Waals surface area contributed by atoms with Crippen molar-refractivity contribution < 1.29 is 18.0 Å². The van der Waals surface area contributed by atoms with Crippen LogP contribution in [-0.2, 0) is 17.4 Å². The first-order valence-corrected chi connectivity index (χ1v) is 5.91. The van der Waals surface area contributed by atoms with E-state index >= 15 is 0 Å². The van der Waals surface area contributed by atoms with Crippen molar-refractivity contribution in [2.75, 3.05) is 0 Å². The molecule has 1 fully saturated rings. The molecule has 0 atom stereocenters. The van der Waals surface area contributed by atoms with Gasteiger partial charge in [-0.15, -0.1) is 0 Å². The molecule has 3 N–H and O–H groups in total. The number of rotatable bonds is 3. The highest BCUT2D eigenvalue weighted by Gasteiger charge is 2.32. The molecule has 0 bridgehead atoms. The Bertz CT molecular complexity index is 452. The molecule has 1 aliphatic rings. The summed E-state index contributed by atoms with van der Waals surface area (Å²) in [5.41, 5.74) is 5.08. The van der Waals surface area contributed by atoms with E-state index in [-0.39, 0.29) is 24.4 Å². The fourth-order valence-corrected chi connectivity index (χ4v) is 1.94. The van der Waals surface area contributed by atoms with Gasteiger partial charge in [0.15, 0.2) is 0 Å². The highest BCUT2D eigenvalue weighted by molar-refractivity contribution is 5.78. The zero-order valence-electron chi connectivity index (χ0n) is 10.1. The first-order chi connectivity index (χ1) is 8.84. The summed E-state index contributed by atoms with van der Waals surface area (Å²) >= 11 is 0. The smallest absolute Gasteiger partial charge is 0.353 e. The second-order valence-corrected chi connectivity index (χ2v) is 4.72. The lowest BCUT2D eigenvalue weighted by molar-refractivity contribution is -0.141. The number of carbonyl (C=O) groups is 1. The lowest BCUT2D eigenvalue weighted by atomic mass is 9.87. The van der Waals surface area contributed by atoms with E-state index in [1.807, 2.05) is 0 Å². The third kappa shape index (κ3) is 3.66. The van der Waals surface area contributed by atoms with E-state index in [0.717, 1.165) is 25.1 Å². The Labute approximate surface area is 108 Å². The normalized spacial score (nSPS) is 22.7. The molecule has 1 amide bonds. The number of alkyl halides is 3. The van der Waals surface area contributed by atoms with Gasteiger partial charge in [-0.2, -0.15) is 13.2 Å². The van der Waals surface area contributed by atoms with Crippen molar-refractivity contribution >= 4 is 5.91 Å². The summed E-state index contributed by atoms with van der Waals surface area (Å²) in [5, 5.41) is 2.77. The van der Waals surface area contributed by atoms with Gasteiger partial charge in [-0.05, 0) is 24.5 Å². The minimum absolute atomic E-state index is 0.0247. The Balaban J connectivity index is 1.87. The van der Waals surface area contributed by atoms with Gasteiger partial charge in [0.05, 0.1) is 6.42 Å². The van der Waals surface area contributed by atoms with Crippen LogP contribution in [0.15, 0.2) is 18.3 Å². The van der Waals surface area contributed by atoms with E-state index < -0.39 is 11.9 Å². The molecule has 104 valence electrons. The Kier molecular flexibility index (Phi) is 3.75. The van der Waals surface area contributed by atoms with Gasteiger partial charge in [0.1, 0.15) is 5.69 Å². The summed E-state index contributed by atoms with van der Waals surface area (Å²) in [7, 11) is 0. The molecular formula is C12H14F3N3O. The number of carbonyl (C=O) groups excluding carboxylic acids is 1. The molecule has 0 radical (unpaired) electrons. The van der Waals surface area contributed by atoms with E-state index in [0.29, 0.717) is 5.56 Å². The maximum absolute atomic E-state index is 12.3. The Morgan fingerprint density at radius 1 is 1.42 bits per heavy atom. The predicted octanol–water partition coefficient (Wildman–Crippen LogP) is 1.25. The van der Waals surface area contributed by atoms with Crippen LogP contribution >= 0.6 is 0 Å². The van der Waals surface area contributed by atoms with Crippen molar-refractivity contribution in [2.24, 2.45) is 5.73 Å². The molecule has 1 aliphatic carbocycles. The van der Waals surface area contributed by atoms with Crippen molar-refractivity contribution in [3.8, 4) is 0 Å². The summed E-state index contributed by atoms with van der Waals surface area (Å²) in [6.07, 6.45) is -1.86. The van der Waals surface area contributed by atoms with Crippen LogP contribution in [0.25, 0.3) is 0 Å². The predicted molar refractivity (Wildman–Crippen MR) is 62.1 cm³/mol. The van der Waals surface area contributed by atoms with Gasteiger partial charge >= 0.3 is 6.18 Å². The highest BCUT2D eigenvalue weighted by Crippen LogP contribution is 2.27. The minimum atomic E-state index is -4.46. The Morgan fingerprint density at radius 2 is 2.11 bits per heavy atom. The molecule has 0 aromatic carbocycles. The molecule has 7 heteroatoms. The monoisotopic (exact) mass is 273 g/mol. The maximum atomic E-state index is 12.3. The van der Waals surface area contributed by atoms with Crippen LogP contribution in [-0.4, -0.2) is 23.0 Å². The van der Waals surface area contributed by atoms with Crippen molar-refractivity contribution in [3.05, 3.63) is 29.6 Å². The zero-order chi connectivity index (χ0) is 14.0. The third-order valence-electron chi connectivity index (χ3n) is 3.02. The van der Waals surface area contributed by atoms with Crippen molar-refractivity contribution in [2.45, 2.75) is 37.5 Å². The van der Waals surface area contributed by atoms with Gasteiger partial charge in [0.25, 0.3) is 0 Å². The number of halogens is 3. The number of nitrogens with two attached hydrogens (primary N) is 1. The molecule has 0 unspecified atom stereocenters. The maximum Gasteiger partial charge on any atom is 0.433 e. The second-order valence-electron chi connectivity index (χ2n) is 4.72. The van der Waals surface area contributed by atoms with Gasteiger partial charge in [-0.3, -0.25) is 9.78 Å². The van der Waals surface area contributed by atoms with Crippen LogP contribution in [0.3, 0.4) is 0 Å². The molecule has 1 saturated carbocycles. The molecule has 1 aromatic rings. The number of nitrogens with zero attached hydrogens (tertiary/aromatic N) is 1. The fourth-order valence-electron chi connectivity index (χ4n) is 1.94. The van der Waals surface area contributed by atoms with E-state index in [9.17, 15) is 18.0 Å². The lowest BCUT2D eigenvalue weighted by Gasteiger charge is -2.32. The fraction of sp³-hybridized carbons (Fsp3) is 0.500. The second kappa shape index (κ2) is 5.16. The summed E-state index contributed by atoms with van der Waals surface area (Å²) < 4.78 is 36.9. The minimum Gasteiger partial charge on any atom is -0.353 e. The first kappa shape index (κ1) is 13.8. The molecule has 1 heterocycles. The average Bonchev–Trinajstić information content (AvgIpc) is 2.26. The Hall–Kier alpha value is -1.63. The largest absolute Gasteiger partial charge is 0.433 e. The van der Waals surface area contributed by atoms with E-state index in [1.165, 1.54) is 6.07 Å². The van der Waals surface area contributed by atoms with Crippen molar-refractivity contribution in [1.82, 2.24) is 10.3 Å². The number of aromatic nitrogens is 1. The molecule has 1 aromatic heterocycles. The summed E-state index contributed by atoms with van der Waals surface area (Å²) in [5.74, 6) is -0.224. The first-order valence-electron chi connectivity index (χ1n) is 5.91. The number of hydrogen-bond acceptors (Lipinski definition) is 3. The lowest BCUT2D eigenvalue weighted by Crippen LogP contribution is -2.50. The topological polar surface area (TPSA) is 68.0 Å². The standard InChI is InChI=1S/C12H14F3N3O/c13-12(14,15)10-2-1-7(6-17-10)3-11(19)18-9-4-8(16)5-9/h1-2,6,8-9H,3-5,16H2,(H,18,19). The molecule has 4 nitrogen and oxygen atoms in total. The van der Waals surface area contributed by atoms with Crippen LogP contribution < -0.4 is 11.1 Å². The third-order valence-corrected chi connectivity index (χ3v) is 3.02. The summed E-state index contributed by atoms with van der Waals surface area (Å²) in [4.78, 5) is 14.9. The van der Waals surface area contributed by atoms with Gasteiger partial charge in [0.2, 0.25) is 5.91 Å². The van der Waals surface area contributed by atoms with E-state index in [2.05, 4.69) is 10.3 Å². The number of pyridine rings is 1. The molecule has 19 heavy (non-hydrogen) atoms. The summed E-state index contributed by atoms with van der Waals surface area (Å²) in [6.45, 7) is 0. The molecule has 0 saturated heterocycles. The van der Waals surface area contributed by atoms with Gasteiger partial charge < -0.3 is 11.1 Å². The molecular weight excluding hydrogens is 259 g/mol. The number of nitrogens with one attached hydrogen (secondary N) is 1. The summed E-state index contributed by atoms with van der Waals surface area (Å²) in [6, 6.07) is 2.37. The number of hydrogen-bond donors (Lipinski definition) is 2. The number of amides is 1. The quantitative estimate of drug-likeness (QED) is 0.871. The Morgan fingerprint density at radius 3 is 2.58 bits per heavy atom. The highest BCUT2D eigenvalue weighted by atomic mass is 19.4. The van der Waals surface area contributed by atoms with Crippen molar-refractivity contribution in [3.63, 3.8) is 0 Å². The van der Waals surface area contributed by atoms with E-state index in [4.69, 9.17) is 5.73 Å². The van der Waals surface area contributed by atoms with Gasteiger partial charge in [-0.25, -0.2) is 0 Å². The van der Waals surface area contributed by atoms with Crippen LogP contribution in [0.2, 0.25) is 0 Å². The van der Waals surface area contributed by atoms with Crippen LogP contribution in [0.4, 0.5) is 13.2 Å². The van der Waals surface area contributed by atoms with Gasteiger partial charge in [-0.1, -0.05) is 6.07 Å². The van der Waals surface area contributed by atoms with Gasteiger partial charge in [0, 0.05) is 18.3 Å². The SMILES string of the molecule is NC1CC(NC(=O)Cc2ccc(C(F)(F)F)nc2)C1. The molecule has 0 aliphatic heterocycles. The van der Waals surface area contributed by atoms with Crippen molar-refractivity contribution in [1.29, 1.82) is 0 Å². The van der Waals surface area contributed by atoms with Crippen LogP contribution in [0, 0.1) is 0 Å². The molecule has 2 rings (SSSR count). The van der Waals surface area contributed by atoms with Crippen LogP contribution in [0.5, 0.6) is 0 Å². The zero-order valence-corrected chi connectivity index (χ0v) is 10.1. The van der Waals surface area contributed by atoms with Crippen LogP contribution in [0.1, 0.15) is 24.1 Å². The van der Waals surface area contributed by atoms with E-state index in [1.54, 1.807) is 0 Å².